The van der Waals surface area contributed by atoms with E-state index in [0.29, 0.717) is 12.0 Å². The third-order valence-corrected chi connectivity index (χ3v) is 6.03. The monoisotopic (exact) mass is 546 g/mol. The first kappa shape index (κ1) is 30.3. The van der Waals surface area contributed by atoms with E-state index in [4.69, 9.17) is 24.5 Å². The highest BCUT2D eigenvalue weighted by molar-refractivity contribution is 5.79. The van der Waals surface area contributed by atoms with Gasteiger partial charge in [-0.25, -0.2) is 9.59 Å². The van der Waals surface area contributed by atoms with Gasteiger partial charge in [0.25, 0.3) is 0 Å². The number of alkyl halides is 6. The number of nitrogens with zero attached hydrogens (tertiary/aromatic N) is 3. The third kappa shape index (κ3) is 9.50. The van der Waals surface area contributed by atoms with Crippen LogP contribution in [0.3, 0.4) is 0 Å². The Balaban J connectivity index is 0.000000286. The molecular weight excluding hydrogens is 518 g/mol. The summed E-state index contributed by atoms with van der Waals surface area (Å²) in [6, 6.07) is 0. The van der Waals surface area contributed by atoms with Gasteiger partial charge in [0.1, 0.15) is 0 Å². The number of carboxylic acid groups (broad SMARTS) is 2. The summed E-state index contributed by atoms with van der Waals surface area (Å²) >= 11 is 0. The van der Waals surface area contributed by atoms with Crippen molar-refractivity contribution in [2.75, 3.05) is 26.2 Å². The SMILES string of the molecule is Cn1cc(CN2CC3(COC(CNC(=O)C4CCC4)C3)C2)cn1.O=C(O)C(F)(F)F.O=C(O)C(F)(F)F. The Bertz CT molecular complexity index is 917. The molecule has 4 rings (SSSR count). The fraction of sp³-hybridized carbons (Fsp3) is 0.714. The van der Waals surface area contributed by atoms with Crippen LogP contribution in [-0.2, 0) is 32.7 Å². The summed E-state index contributed by atoms with van der Waals surface area (Å²) in [6.45, 7) is 4.67. The number of carbonyl (C=O) groups is 3. The summed E-state index contributed by atoms with van der Waals surface area (Å²) in [5.74, 6) is -5.02. The van der Waals surface area contributed by atoms with Gasteiger partial charge in [-0.15, -0.1) is 0 Å². The van der Waals surface area contributed by atoms with E-state index in [9.17, 15) is 31.1 Å². The summed E-state index contributed by atoms with van der Waals surface area (Å²) in [5, 5.41) is 21.5. The number of hydrogen-bond acceptors (Lipinski definition) is 6. The summed E-state index contributed by atoms with van der Waals surface area (Å²) < 4.78 is 71.3. The second-order valence-corrected chi connectivity index (χ2v) is 9.28. The number of likely N-dealkylation sites (tertiary alicyclic amines) is 1. The first-order valence-corrected chi connectivity index (χ1v) is 11.2. The van der Waals surface area contributed by atoms with Gasteiger partial charge in [-0.1, -0.05) is 6.42 Å². The van der Waals surface area contributed by atoms with E-state index < -0.39 is 24.3 Å². The molecule has 1 unspecified atom stereocenters. The molecule has 1 aliphatic carbocycles. The third-order valence-electron chi connectivity index (χ3n) is 6.03. The number of ether oxygens (including phenoxy) is 1. The van der Waals surface area contributed by atoms with Gasteiger partial charge in [0.2, 0.25) is 5.91 Å². The zero-order chi connectivity index (χ0) is 28.0. The van der Waals surface area contributed by atoms with Crippen LogP contribution in [0, 0.1) is 11.3 Å². The van der Waals surface area contributed by atoms with Crippen molar-refractivity contribution >= 4 is 17.8 Å². The van der Waals surface area contributed by atoms with Crippen LogP contribution in [0.25, 0.3) is 0 Å². The quantitative estimate of drug-likeness (QED) is 0.479. The number of rotatable bonds is 5. The molecule has 16 heteroatoms. The number of amides is 1. The number of nitrogens with one attached hydrogen (secondary N) is 1. The smallest absolute Gasteiger partial charge is 0.475 e. The van der Waals surface area contributed by atoms with Crippen LogP contribution < -0.4 is 5.32 Å². The maximum absolute atomic E-state index is 11.9. The van der Waals surface area contributed by atoms with Crippen molar-refractivity contribution < 1.29 is 55.7 Å². The number of aliphatic carboxylic acids is 2. The first-order chi connectivity index (χ1) is 17.0. The van der Waals surface area contributed by atoms with Crippen molar-refractivity contribution in [2.24, 2.45) is 18.4 Å². The van der Waals surface area contributed by atoms with Crippen LogP contribution in [0.2, 0.25) is 0 Å². The summed E-state index contributed by atoms with van der Waals surface area (Å²) in [7, 11) is 1.95. The highest BCUT2D eigenvalue weighted by Gasteiger charge is 2.49. The molecular formula is C21H28F6N4O6. The van der Waals surface area contributed by atoms with Crippen LogP contribution in [-0.4, -0.2) is 87.4 Å². The van der Waals surface area contributed by atoms with Crippen molar-refractivity contribution in [2.45, 2.75) is 50.7 Å². The van der Waals surface area contributed by atoms with E-state index in [1.54, 1.807) is 0 Å². The second kappa shape index (κ2) is 12.1. The molecule has 3 fully saturated rings. The maximum Gasteiger partial charge on any atom is 0.490 e. The number of carbonyl (C=O) groups excluding carboxylic acids is 1. The molecule has 1 amide bonds. The van der Waals surface area contributed by atoms with E-state index in [1.807, 2.05) is 17.9 Å². The Morgan fingerprint density at radius 2 is 1.65 bits per heavy atom. The normalized spacial score (nSPS) is 21.0. The highest BCUT2D eigenvalue weighted by atomic mass is 19.4. The Hall–Kier alpha value is -2.88. The average Bonchev–Trinajstić information content (AvgIpc) is 3.31. The molecule has 1 aromatic heterocycles. The Labute approximate surface area is 207 Å². The van der Waals surface area contributed by atoms with Gasteiger partial charge < -0.3 is 20.3 Å². The summed E-state index contributed by atoms with van der Waals surface area (Å²) in [4.78, 5) is 32.1. The zero-order valence-electron chi connectivity index (χ0n) is 19.8. The van der Waals surface area contributed by atoms with Crippen molar-refractivity contribution in [1.29, 1.82) is 0 Å². The minimum Gasteiger partial charge on any atom is -0.475 e. The lowest BCUT2D eigenvalue weighted by Gasteiger charge is -2.47. The molecule has 1 atom stereocenters. The van der Waals surface area contributed by atoms with E-state index >= 15 is 0 Å². The molecule has 1 spiro atoms. The molecule has 37 heavy (non-hydrogen) atoms. The number of hydrogen-bond donors (Lipinski definition) is 3. The van der Waals surface area contributed by atoms with Gasteiger partial charge in [0.15, 0.2) is 0 Å². The van der Waals surface area contributed by atoms with Crippen molar-refractivity contribution in [3.8, 4) is 0 Å². The lowest BCUT2D eigenvalue weighted by atomic mass is 9.77. The van der Waals surface area contributed by atoms with Gasteiger partial charge in [0, 0.05) is 56.3 Å². The largest absolute Gasteiger partial charge is 0.490 e. The highest BCUT2D eigenvalue weighted by Crippen LogP contribution is 2.41. The van der Waals surface area contributed by atoms with E-state index in [2.05, 4.69) is 21.5 Å². The van der Waals surface area contributed by atoms with Crippen LogP contribution >= 0.6 is 0 Å². The minimum absolute atomic E-state index is 0.194. The van der Waals surface area contributed by atoms with Crippen LogP contribution in [0.5, 0.6) is 0 Å². The van der Waals surface area contributed by atoms with Crippen molar-refractivity contribution in [3.63, 3.8) is 0 Å². The first-order valence-electron chi connectivity index (χ1n) is 11.2. The maximum atomic E-state index is 11.9. The van der Waals surface area contributed by atoms with Gasteiger partial charge in [0.05, 0.1) is 18.9 Å². The molecule has 0 bridgehead atoms. The molecule has 3 heterocycles. The number of carboxylic acids is 2. The molecule has 2 saturated heterocycles. The Morgan fingerprint density at radius 1 is 1.11 bits per heavy atom. The van der Waals surface area contributed by atoms with Crippen molar-refractivity contribution in [3.05, 3.63) is 18.0 Å². The molecule has 210 valence electrons. The predicted molar refractivity (Wildman–Crippen MR) is 113 cm³/mol. The molecule has 1 saturated carbocycles. The summed E-state index contributed by atoms with van der Waals surface area (Å²) in [6.07, 6.45) is -1.56. The number of aryl methyl sites for hydroxylation is 1. The fourth-order valence-electron chi connectivity index (χ4n) is 4.10. The second-order valence-electron chi connectivity index (χ2n) is 9.28. The lowest BCUT2D eigenvalue weighted by Crippen LogP contribution is -2.56. The fourth-order valence-corrected chi connectivity index (χ4v) is 4.10. The Kier molecular flexibility index (Phi) is 9.93. The zero-order valence-corrected chi connectivity index (χ0v) is 19.8. The molecule has 3 N–H and O–H groups in total. The van der Waals surface area contributed by atoms with Gasteiger partial charge >= 0.3 is 24.3 Å². The van der Waals surface area contributed by atoms with Crippen LogP contribution in [0.4, 0.5) is 26.3 Å². The predicted octanol–water partition coefficient (Wildman–Crippen LogP) is 2.19. The van der Waals surface area contributed by atoms with Gasteiger partial charge in [-0.2, -0.15) is 31.4 Å². The molecule has 1 aromatic rings. The number of aromatic nitrogens is 2. The Morgan fingerprint density at radius 3 is 2.05 bits per heavy atom. The van der Waals surface area contributed by atoms with E-state index in [-0.39, 0.29) is 17.9 Å². The van der Waals surface area contributed by atoms with Crippen molar-refractivity contribution in [1.82, 2.24) is 20.0 Å². The molecule has 3 aliphatic rings. The standard InChI is InChI=1S/C17H26N4O2.2C2HF3O2/c1-20-8-13(6-19-20)9-21-10-17(11-21)5-15(23-12-17)7-18-16(22)14-3-2-4-14;2*3-2(4,5)1(6)7/h6,8,14-15H,2-5,7,9-12H2,1H3,(H,18,22);2*(H,6,7). The van der Waals surface area contributed by atoms with Crippen LogP contribution in [0.1, 0.15) is 31.2 Å². The average molecular weight is 546 g/mol. The van der Waals surface area contributed by atoms with E-state index in [1.165, 1.54) is 12.0 Å². The molecule has 10 nitrogen and oxygen atoms in total. The van der Waals surface area contributed by atoms with Gasteiger partial charge in [-0.05, 0) is 19.3 Å². The van der Waals surface area contributed by atoms with E-state index in [0.717, 1.165) is 45.5 Å². The number of halogens is 6. The van der Waals surface area contributed by atoms with Gasteiger partial charge in [-0.3, -0.25) is 14.4 Å². The summed E-state index contributed by atoms with van der Waals surface area (Å²) in [5.41, 5.74) is 1.58. The molecule has 2 aliphatic heterocycles. The molecule has 0 aromatic carbocycles. The van der Waals surface area contributed by atoms with Crippen LogP contribution in [0.15, 0.2) is 12.4 Å². The molecule has 0 radical (unpaired) electrons. The minimum atomic E-state index is -5.08. The topological polar surface area (TPSA) is 134 Å². The lowest BCUT2D eigenvalue weighted by molar-refractivity contribution is -0.193.